The van der Waals surface area contributed by atoms with Gasteiger partial charge in [-0.05, 0) is 55.2 Å². The summed E-state index contributed by atoms with van der Waals surface area (Å²) in [5, 5.41) is 1.73. The second-order valence-electron chi connectivity index (χ2n) is 6.79. The molecule has 0 aliphatic carbocycles. The van der Waals surface area contributed by atoms with E-state index in [-0.39, 0.29) is 13.1 Å². The zero-order chi connectivity index (χ0) is 15.2. The zero-order valence-electron chi connectivity index (χ0n) is 13.5. The maximum Gasteiger partial charge on any atom is 0.128 e. The van der Waals surface area contributed by atoms with E-state index >= 15 is 0 Å². The Bertz CT molecular complexity index is 662. The lowest BCUT2D eigenvalue weighted by Gasteiger charge is -2.28. The van der Waals surface area contributed by atoms with Crippen molar-refractivity contribution < 1.29 is 4.74 Å². The topological polar surface area (TPSA) is 9.23 Å². The molecule has 21 heavy (non-hydrogen) atoms. The molecule has 0 N–H and O–H groups in total. The van der Waals surface area contributed by atoms with Gasteiger partial charge in [-0.1, -0.05) is 51.1 Å². The van der Waals surface area contributed by atoms with Gasteiger partial charge in [0.2, 0.25) is 0 Å². The summed E-state index contributed by atoms with van der Waals surface area (Å²) in [6.45, 7) is 11.4. The van der Waals surface area contributed by atoms with E-state index in [2.05, 4.69) is 71.0 Å². The van der Waals surface area contributed by atoms with Crippen LogP contribution in [0.5, 0.6) is 5.75 Å². The fourth-order valence-electron chi connectivity index (χ4n) is 3.09. The molecule has 110 valence electrons. The Morgan fingerprint density at radius 1 is 0.952 bits per heavy atom. The predicted molar refractivity (Wildman–Crippen MR) is 93.2 cm³/mol. The molecule has 1 atom stereocenters. The van der Waals surface area contributed by atoms with Crippen molar-refractivity contribution in [2.45, 2.75) is 39.8 Å². The van der Waals surface area contributed by atoms with E-state index in [9.17, 15) is 0 Å². The maximum absolute atomic E-state index is 6.01. The minimum Gasteiger partial charge on any atom is -0.488 e. The number of fused-ring (bicyclic) bond motifs is 1. The highest BCUT2D eigenvalue weighted by atomic mass is 31.1. The number of benzene rings is 2. The lowest BCUT2D eigenvalue weighted by Crippen LogP contribution is -2.19. The average molecular weight is 298 g/mol. The molecule has 1 aliphatic heterocycles. The van der Waals surface area contributed by atoms with Gasteiger partial charge in [0.15, 0.2) is 0 Å². The average Bonchev–Trinajstić information content (AvgIpc) is 2.83. The van der Waals surface area contributed by atoms with E-state index in [4.69, 9.17) is 4.74 Å². The molecule has 2 heteroatoms. The van der Waals surface area contributed by atoms with Gasteiger partial charge in [-0.15, -0.1) is 0 Å². The van der Waals surface area contributed by atoms with Gasteiger partial charge >= 0.3 is 0 Å². The molecule has 3 rings (SSSR count). The summed E-state index contributed by atoms with van der Waals surface area (Å²) >= 11 is 0. The first-order valence-corrected chi connectivity index (χ1v) is 9.02. The van der Waals surface area contributed by atoms with E-state index in [1.54, 1.807) is 0 Å². The van der Waals surface area contributed by atoms with E-state index in [1.165, 1.54) is 27.6 Å². The Kier molecular flexibility index (Phi) is 3.58. The lowest BCUT2D eigenvalue weighted by atomic mass is 9.95. The summed E-state index contributed by atoms with van der Waals surface area (Å²) in [7, 11) is -0.293. The maximum atomic E-state index is 6.01. The summed E-state index contributed by atoms with van der Waals surface area (Å²) < 4.78 is 6.01. The minimum absolute atomic E-state index is 0.271. The highest BCUT2D eigenvalue weighted by molar-refractivity contribution is 7.67. The van der Waals surface area contributed by atoms with Crippen LogP contribution in [0.3, 0.4) is 0 Å². The first kappa shape index (κ1) is 14.6. The smallest absolute Gasteiger partial charge is 0.128 e. The normalized spacial score (nSPS) is 17.5. The molecule has 1 aliphatic rings. The predicted octanol–water partition coefficient (Wildman–Crippen LogP) is 5.23. The molecule has 0 saturated heterocycles. The van der Waals surface area contributed by atoms with Gasteiger partial charge < -0.3 is 4.74 Å². The van der Waals surface area contributed by atoms with Crippen molar-refractivity contribution in [1.29, 1.82) is 0 Å². The van der Waals surface area contributed by atoms with Crippen LogP contribution in [0.2, 0.25) is 0 Å². The van der Waals surface area contributed by atoms with Crippen molar-refractivity contribution >= 4 is 13.2 Å². The Balaban J connectivity index is 2.25. The van der Waals surface area contributed by atoms with Gasteiger partial charge in [0.25, 0.3) is 0 Å². The fourth-order valence-corrected chi connectivity index (χ4v) is 5.42. The van der Waals surface area contributed by atoms with Crippen LogP contribution in [0.15, 0.2) is 36.4 Å². The summed E-state index contributed by atoms with van der Waals surface area (Å²) in [5.41, 5.74) is 5.46. The van der Waals surface area contributed by atoms with Gasteiger partial charge in [-0.25, -0.2) is 0 Å². The van der Waals surface area contributed by atoms with E-state index in [0.717, 1.165) is 12.1 Å². The minimum atomic E-state index is -0.293. The molecule has 0 unspecified atom stereocenters. The Hall–Kier alpha value is -1.33. The highest BCUT2D eigenvalue weighted by Gasteiger charge is 2.35. The Morgan fingerprint density at radius 2 is 1.57 bits per heavy atom. The van der Waals surface area contributed by atoms with Gasteiger partial charge in [-0.3, -0.25) is 0 Å². The molecule has 2 aromatic rings. The van der Waals surface area contributed by atoms with Crippen molar-refractivity contribution in [3.63, 3.8) is 0 Å². The van der Waals surface area contributed by atoms with Gasteiger partial charge in [0.05, 0.1) is 0 Å². The molecule has 0 saturated carbocycles. The standard InChI is InChI=1S/C19H23OP/c1-13-8-6-9-14(2)17(13)15-10-7-11-16-18(15)21(12-20-16)19(3,4)5/h6-11H,12H2,1-5H3/t21-/m0/s1. The van der Waals surface area contributed by atoms with Crippen LogP contribution in [-0.4, -0.2) is 11.5 Å². The van der Waals surface area contributed by atoms with Crippen LogP contribution in [0, 0.1) is 13.8 Å². The van der Waals surface area contributed by atoms with Crippen LogP contribution >= 0.6 is 7.92 Å². The molecular formula is C19H23OP. The molecule has 2 aromatic carbocycles. The number of rotatable bonds is 1. The van der Waals surface area contributed by atoms with Crippen molar-refractivity contribution in [2.24, 2.45) is 0 Å². The summed E-state index contributed by atoms with van der Waals surface area (Å²) in [6, 6.07) is 13.1. The van der Waals surface area contributed by atoms with Crippen molar-refractivity contribution in [3.05, 3.63) is 47.5 Å². The summed E-state index contributed by atoms with van der Waals surface area (Å²) in [4.78, 5) is 0. The summed E-state index contributed by atoms with van der Waals surface area (Å²) in [5.74, 6) is 1.09. The Morgan fingerprint density at radius 3 is 2.19 bits per heavy atom. The molecule has 0 aromatic heterocycles. The monoisotopic (exact) mass is 298 g/mol. The van der Waals surface area contributed by atoms with Crippen LogP contribution < -0.4 is 10.0 Å². The Labute approximate surface area is 129 Å². The third-order valence-electron chi connectivity index (χ3n) is 4.18. The SMILES string of the molecule is Cc1cccc(C)c1-c1cccc2c1[P@@](C(C)(C)C)CO2. The van der Waals surface area contributed by atoms with Crippen molar-refractivity contribution in [2.75, 3.05) is 6.35 Å². The van der Waals surface area contributed by atoms with Gasteiger partial charge in [0.1, 0.15) is 12.1 Å². The molecular weight excluding hydrogens is 275 g/mol. The summed E-state index contributed by atoms with van der Waals surface area (Å²) in [6.07, 6.45) is 0.857. The number of hydrogen-bond acceptors (Lipinski definition) is 1. The zero-order valence-corrected chi connectivity index (χ0v) is 14.4. The number of aryl methyl sites for hydroxylation is 2. The van der Waals surface area contributed by atoms with Crippen LogP contribution in [0.4, 0.5) is 0 Å². The molecule has 1 heterocycles. The molecule has 1 nitrogen and oxygen atoms in total. The number of hydrogen-bond donors (Lipinski definition) is 0. The van der Waals surface area contributed by atoms with Crippen LogP contribution in [-0.2, 0) is 0 Å². The third-order valence-corrected chi connectivity index (χ3v) is 7.19. The second-order valence-corrected chi connectivity index (χ2v) is 9.69. The molecule has 0 spiro atoms. The van der Waals surface area contributed by atoms with Crippen molar-refractivity contribution in [3.8, 4) is 16.9 Å². The first-order chi connectivity index (χ1) is 9.89. The molecule has 0 radical (unpaired) electrons. The second kappa shape index (κ2) is 5.14. The fraction of sp³-hybridized carbons (Fsp3) is 0.368. The molecule has 0 bridgehead atoms. The van der Waals surface area contributed by atoms with Gasteiger partial charge in [-0.2, -0.15) is 0 Å². The highest BCUT2D eigenvalue weighted by Crippen LogP contribution is 2.56. The first-order valence-electron chi connectivity index (χ1n) is 7.49. The van der Waals surface area contributed by atoms with Crippen molar-refractivity contribution in [1.82, 2.24) is 0 Å². The number of ether oxygens (including phenoxy) is 1. The largest absolute Gasteiger partial charge is 0.488 e. The quantitative estimate of drug-likeness (QED) is 0.655. The van der Waals surface area contributed by atoms with E-state index in [0.29, 0.717) is 0 Å². The molecule has 0 amide bonds. The van der Waals surface area contributed by atoms with Crippen LogP contribution in [0.25, 0.3) is 11.1 Å². The third kappa shape index (κ3) is 2.49. The van der Waals surface area contributed by atoms with E-state index < -0.39 is 0 Å². The lowest BCUT2D eigenvalue weighted by molar-refractivity contribution is 0.400. The van der Waals surface area contributed by atoms with E-state index in [1.807, 2.05) is 0 Å². The molecule has 0 fully saturated rings. The van der Waals surface area contributed by atoms with Crippen LogP contribution in [0.1, 0.15) is 31.9 Å². The van der Waals surface area contributed by atoms with Gasteiger partial charge in [0, 0.05) is 5.30 Å².